The summed E-state index contributed by atoms with van der Waals surface area (Å²) in [6, 6.07) is 8.22. The molecule has 116 valence electrons. The van der Waals surface area contributed by atoms with Crippen LogP contribution in [0, 0.1) is 0 Å². The minimum absolute atomic E-state index is 0.717. The van der Waals surface area contributed by atoms with Crippen LogP contribution in [0.5, 0.6) is 0 Å². The Bertz CT molecular complexity index is 604. The second-order valence-electron chi connectivity index (χ2n) is 5.76. The van der Waals surface area contributed by atoms with Crippen LogP contribution in [-0.4, -0.2) is 42.4 Å². The smallest absolute Gasteiger partial charge is 0.247 e. The van der Waals surface area contributed by atoms with Gasteiger partial charge in [0.25, 0.3) is 0 Å². The van der Waals surface area contributed by atoms with Gasteiger partial charge in [0, 0.05) is 38.6 Å². The largest absolute Gasteiger partial charge is 0.378 e. The van der Waals surface area contributed by atoms with Crippen LogP contribution in [0.2, 0.25) is 0 Å². The van der Waals surface area contributed by atoms with Crippen molar-refractivity contribution < 1.29 is 0 Å². The lowest BCUT2D eigenvalue weighted by Gasteiger charge is -2.26. The lowest BCUT2D eigenvalue weighted by atomic mass is 10.1. The maximum absolute atomic E-state index is 4.58. The highest BCUT2D eigenvalue weighted by Gasteiger charge is 2.14. The SMILES string of the molecule is CN(C)c1ccc(Nc2cnnc(N3CCCCC3)n2)cc1. The van der Waals surface area contributed by atoms with E-state index in [4.69, 9.17) is 0 Å². The summed E-state index contributed by atoms with van der Waals surface area (Å²) in [7, 11) is 4.06. The highest BCUT2D eigenvalue weighted by molar-refractivity contribution is 5.60. The molecule has 1 fully saturated rings. The fraction of sp³-hybridized carbons (Fsp3) is 0.438. The molecule has 6 nitrogen and oxygen atoms in total. The quantitative estimate of drug-likeness (QED) is 0.936. The Morgan fingerprint density at radius 1 is 1.05 bits per heavy atom. The molecule has 1 N–H and O–H groups in total. The van der Waals surface area contributed by atoms with E-state index in [0.717, 1.165) is 30.5 Å². The van der Waals surface area contributed by atoms with E-state index in [1.807, 2.05) is 26.2 Å². The summed E-state index contributed by atoms with van der Waals surface area (Å²) in [5.41, 5.74) is 2.16. The van der Waals surface area contributed by atoms with Gasteiger partial charge in [-0.1, -0.05) is 0 Å². The molecule has 1 aromatic heterocycles. The number of rotatable bonds is 4. The Morgan fingerprint density at radius 3 is 2.45 bits per heavy atom. The van der Waals surface area contributed by atoms with Crippen molar-refractivity contribution in [3.05, 3.63) is 30.5 Å². The van der Waals surface area contributed by atoms with E-state index in [1.54, 1.807) is 6.20 Å². The van der Waals surface area contributed by atoms with Gasteiger partial charge < -0.3 is 15.1 Å². The van der Waals surface area contributed by atoms with Gasteiger partial charge in [0.05, 0.1) is 6.20 Å². The molecule has 0 radical (unpaired) electrons. The summed E-state index contributed by atoms with van der Waals surface area (Å²) in [5, 5.41) is 11.5. The maximum Gasteiger partial charge on any atom is 0.247 e. The topological polar surface area (TPSA) is 57.2 Å². The fourth-order valence-electron chi connectivity index (χ4n) is 2.57. The standard InChI is InChI=1S/C16H22N6/c1-21(2)14-8-6-13(7-9-14)18-15-12-17-20-16(19-15)22-10-4-3-5-11-22/h6-9,12H,3-5,10-11H2,1-2H3,(H,18,19,20). The van der Waals surface area contributed by atoms with Crippen LogP contribution in [-0.2, 0) is 0 Å². The molecule has 1 saturated heterocycles. The summed E-state index contributed by atoms with van der Waals surface area (Å²) in [6.45, 7) is 2.03. The summed E-state index contributed by atoms with van der Waals surface area (Å²) >= 11 is 0. The number of hydrogen-bond acceptors (Lipinski definition) is 6. The Balaban J connectivity index is 1.72. The lowest BCUT2D eigenvalue weighted by molar-refractivity contribution is 0.565. The van der Waals surface area contributed by atoms with Gasteiger partial charge >= 0.3 is 0 Å². The van der Waals surface area contributed by atoms with Crippen molar-refractivity contribution in [2.45, 2.75) is 19.3 Å². The van der Waals surface area contributed by atoms with E-state index in [2.05, 4.69) is 42.4 Å². The number of anilines is 4. The van der Waals surface area contributed by atoms with Gasteiger partial charge in [0.15, 0.2) is 5.82 Å². The third-order valence-corrected chi connectivity index (χ3v) is 3.84. The van der Waals surface area contributed by atoms with Gasteiger partial charge in [0.1, 0.15) is 0 Å². The molecule has 1 aliphatic heterocycles. The van der Waals surface area contributed by atoms with E-state index >= 15 is 0 Å². The van der Waals surface area contributed by atoms with Crippen LogP contribution < -0.4 is 15.1 Å². The van der Waals surface area contributed by atoms with Crippen molar-refractivity contribution in [3.63, 3.8) is 0 Å². The summed E-state index contributed by atoms with van der Waals surface area (Å²) in [5.74, 6) is 1.45. The number of benzene rings is 1. The molecule has 6 heteroatoms. The average molecular weight is 298 g/mol. The van der Waals surface area contributed by atoms with E-state index < -0.39 is 0 Å². The molecule has 0 spiro atoms. The van der Waals surface area contributed by atoms with E-state index in [-0.39, 0.29) is 0 Å². The molecular weight excluding hydrogens is 276 g/mol. The van der Waals surface area contributed by atoms with Crippen molar-refractivity contribution >= 4 is 23.1 Å². The highest BCUT2D eigenvalue weighted by Crippen LogP contribution is 2.20. The monoisotopic (exact) mass is 298 g/mol. The van der Waals surface area contributed by atoms with Crippen LogP contribution in [0.25, 0.3) is 0 Å². The Morgan fingerprint density at radius 2 is 1.77 bits per heavy atom. The molecule has 2 aromatic rings. The summed E-state index contributed by atoms with van der Waals surface area (Å²) in [6.07, 6.45) is 5.35. The molecule has 1 aromatic carbocycles. The highest BCUT2D eigenvalue weighted by atomic mass is 15.3. The number of nitrogens with zero attached hydrogens (tertiary/aromatic N) is 5. The molecule has 0 aliphatic carbocycles. The Kier molecular flexibility index (Phi) is 4.37. The van der Waals surface area contributed by atoms with Crippen LogP contribution in [0.3, 0.4) is 0 Å². The van der Waals surface area contributed by atoms with Crippen molar-refractivity contribution in [3.8, 4) is 0 Å². The molecule has 0 saturated carbocycles. The number of hydrogen-bond donors (Lipinski definition) is 1. The zero-order valence-corrected chi connectivity index (χ0v) is 13.2. The van der Waals surface area contributed by atoms with Crippen LogP contribution in [0.4, 0.5) is 23.1 Å². The number of aromatic nitrogens is 3. The predicted octanol–water partition coefficient (Wildman–Crippen LogP) is 2.67. The second-order valence-corrected chi connectivity index (χ2v) is 5.76. The van der Waals surface area contributed by atoms with Gasteiger partial charge in [-0.25, -0.2) is 0 Å². The third-order valence-electron chi connectivity index (χ3n) is 3.84. The minimum atomic E-state index is 0.717. The zero-order chi connectivity index (χ0) is 15.4. The molecule has 0 atom stereocenters. The summed E-state index contributed by atoms with van der Waals surface area (Å²) < 4.78 is 0. The van der Waals surface area contributed by atoms with Crippen LogP contribution in [0.1, 0.15) is 19.3 Å². The van der Waals surface area contributed by atoms with Gasteiger partial charge in [-0.3, -0.25) is 0 Å². The first-order chi connectivity index (χ1) is 10.7. The van der Waals surface area contributed by atoms with Crippen molar-refractivity contribution in [2.24, 2.45) is 0 Å². The van der Waals surface area contributed by atoms with E-state index in [0.29, 0.717) is 0 Å². The molecule has 0 amide bonds. The molecule has 0 bridgehead atoms. The van der Waals surface area contributed by atoms with Crippen LogP contribution in [0.15, 0.2) is 30.5 Å². The van der Waals surface area contributed by atoms with Crippen molar-refractivity contribution in [1.29, 1.82) is 0 Å². The predicted molar refractivity (Wildman–Crippen MR) is 89.9 cm³/mol. The van der Waals surface area contributed by atoms with Gasteiger partial charge in [0.2, 0.25) is 5.95 Å². The zero-order valence-electron chi connectivity index (χ0n) is 13.2. The minimum Gasteiger partial charge on any atom is -0.378 e. The first-order valence-corrected chi connectivity index (χ1v) is 7.71. The fourth-order valence-corrected chi connectivity index (χ4v) is 2.57. The van der Waals surface area contributed by atoms with E-state index in [1.165, 1.54) is 24.9 Å². The molecule has 2 heterocycles. The molecular formula is C16H22N6. The lowest BCUT2D eigenvalue weighted by Crippen LogP contribution is -2.31. The molecule has 1 aliphatic rings. The Hall–Kier alpha value is -2.37. The van der Waals surface area contributed by atoms with Crippen molar-refractivity contribution in [1.82, 2.24) is 15.2 Å². The summed E-state index contributed by atoms with van der Waals surface area (Å²) in [4.78, 5) is 8.86. The van der Waals surface area contributed by atoms with Gasteiger partial charge in [-0.05, 0) is 43.5 Å². The van der Waals surface area contributed by atoms with Gasteiger partial charge in [-0.15, -0.1) is 5.10 Å². The normalized spacial score (nSPS) is 14.7. The molecule has 3 rings (SSSR count). The maximum atomic E-state index is 4.58. The van der Waals surface area contributed by atoms with Gasteiger partial charge in [-0.2, -0.15) is 10.1 Å². The first-order valence-electron chi connectivity index (χ1n) is 7.71. The average Bonchev–Trinajstić information content (AvgIpc) is 2.56. The van der Waals surface area contributed by atoms with E-state index in [9.17, 15) is 0 Å². The number of piperidine rings is 1. The second kappa shape index (κ2) is 6.60. The number of nitrogens with one attached hydrogen (secondary N) is 1. The third kappa shape index (κ3) is 3.44. The first kappa shape index (κ1) is 14.6. The van der Waals surface area contributed by atoms with Crippen LogP contribution >= 0.6 is 0 Å². The molecule has 22 heavy (non-hydrogen) atoms. The molecule has 0 unspecified atom stereocenters. The van der Waals surface area contributed by atoms with Crippen molar-refractivity contribution in [2.75, 3.05) is 42.3 Å². The Labute approximate surface area is 131 Å².